The molecule has 7 heteroatoms. The molecule has 0 fully saturated rings. The van der Waals surface area contributed by atoms with E-state index >= 15 is 0 Å². The number of benzene rings is 2. The van der Waals surface area contributed by atoms with E-state index in [1.165, 1.54) is 4.90 Å². The molecule has 0 aliphatic carbocycles. The number of hydrogen-bond acceptors (Lipinski definition) is 6. The smallest absolute Gasteiger partial charge is 0.262 e. The van der Waals surface area contributed by atoms with Crippen LogP contribution in [0.1, 0.15) is 45.7 Å². The molecular weight excluding hydrogens is 360 g/mol. The maximum absolute atomic E-state index is 13.0. The summed E-state index contributed by atoms with van der Waals surface area (Å²) in [6.45, 7) is 2.73. The Morgan fingerprint density at radius 1 is 1.00 bits per heavy atom. The van der Waals surface area contributed by atoms with Crippen LogP contribution in [0.2, 0.25) is 0 Å². The Morgan fingerprint density at radius 3 is 2.43 bits per heavy atom. The second-order valence-corrected chi connectivity index (χ2v) is 6.43. The van der Waals surface area contributed by atoms with Gasteiger partial charge in [-0.3, -0.25) is 14.5 Å². The number of carbonyl (C=O) groups is 2. The van der Waals surface area contributed by atoms with Crippen LogP contribution in [0.5, 0.6) is 11.5 Å². The average molecular weight is 384 g/mol. The number of rotatable bonds is 8. The Bertz CT molecular complexity index is 896. The van der Waals surface area contributed by atoms with Gasteiger partial charge in [-0.15, -0.1) is 0 Å². The second kappa shape index (κ2) is 8.31. The number of methoxy groups -OCH3 is 2. The molecule has 28 heavy (non-hydrogen) atoms. The van der Waals surface area contributed by atoms with Crippen LogP contribution in [0, 0.1) is 0 Å². The summed E-state index contributed by atoms with van der Waals surface area (Å²) in [4.78, 5) is 27.3. The summed E-state index contributed by atoms with van der Waals surface area (Å²) >= 11 is 0. The lowest BCUT2D eigenvalue weighted by atomic mass is 10.0. The van der Waals surface area contributed by atoms with E-state index in [9.17, 15) is 9.59 Å². The van der Waals surface area contributed by atoms with Gasteiger partial charge < -0.3 is 19.9 Å². The van der Waals surface area contributed by atoms with Crippen molar-refractivity contribution in [3.63, 3.8) is 0 Å². The van der Waals surface area contributed by atoms with Crippen LogP contribution >= 0.6 is 0 Å². The molecule has 0 saturated heterocycles. The molecule has 148 valence electrons. The first kappa shape index (κ1) is 19.7. The first-order valence-corrected chi connectivity index (χ1v) is 9.08. The van der Waals surface area contributed by atoms with Crippen LogP contribution in [-0.4, -0.2) is 44.1 Å². The van der Waals surface area contributed by atoms with Crippen molar-refractivity contribution < 1.29 is 23.8 Å². The maximum atomic E-state index is 13.0. The predicted molar refractivity (Wildman–Crippen MR) is 105 cm³/mol. The molecule has 0 bridgehead atoms. The zero-order chi connectivity index (χ0) is 20.3. The number of ether oxygens (including phenoxy) is 3. The van der Waals surface area contributed by atoms with Crippen molar-refractivity contribution in [3.8, 4) is 11.5 Å². The Kier molecular flexibility index (Phi) is 5.84. The average Bonchev–Trinajstić information content (AvgIpc) is 2.93. The number of carbonyl (C=O) groups excluding carboxylic acids is 2. The number of fused-ring (bicyclic) bond motifs is 1. The van der Waals surface area contributed by atoms with E-state index in [2.05, 4.69) is 0 Å². The molecule has 1 atom stereocenters. The van der Waals surface area contributed by atoms with Crippen LogP contribution in [0.4, 0.5) is 5.69 Å². The molecule has 0 aromatic heterocycles. The summed E-state index contributed by atoms with van der Waals surface area (Å²) in [6, 6.07) is 9.67. The monoisotopic (exact) mass is 384 g/mol. The molecule has 1 aliphatic rings. The van der Waals surface area contributed by atoms with Gasteiger partial charge in [-0.2, -0.15) is 0 Å². The summed E-state index contributed by atoms with van der Waals surface area (Å²) in [5.41, 5.74) is 7.70. The molecule has 1 aliphatic heterocycles. The van der Waals surface area contributed by atoms with Gasteiger partial charge in [0.05, 0.1) is 30.9 Å². The van der Waals surface area contributed by atoms with Crippen LogP contribution < -0.4 is 15.2 Å². The first-order valence-electron chi connectivity index (χ1n) is 9.08. The molecule has 2 aromatic carbocycles. The third kappa shape index (κ3) is 3.53. The molecule has 1 unspecified atom stereocenters. The lowest BCUT2D eigenvalue weighted by Gasteiger charge is -2.27. The maximum Gasteiger partial charge on any atom is 0.262 e. The molecule has 1 heterocycles. The highest BCUT2D eigenvalue weighted by Gasteiger charge is 2.40. The number of amides is 2. The van der Waals surface area contributed by atoms with E-state index in [-0.39, 0.29) is 11.8 Å². The minimum absolute atomic E-state index is 0.325. The number of nitrogens with zero attached hydrogens (tertiary/aromatic N) is 1. The minimum Gasteiger partial charge on any atom is -0.493 e. The van der Waals surface area contributed by atoms with Crippen molar-refractivity contribution in [2.45, 2.75) is 19.4 Å². The fraction of sp³-hybridized carbons (Fsp3) is 0.333. The molecule has 2 aromatic rings. The van der Waals surface area contributed by atoms with Crippen molar-refractivity contribution in [2.75, 3.05) is 33.2 Å². The number of imide groups is 1. The summed E-state index contributed by atoms with van der Waals surface area (Å²) in [7, 11) is 3.15. The minimum atomic E-state index is -0.501. The number of nitrogens with two attached hydrogens (primary N) is 1. The SMILES string of the molecule is CCOc1cc(C(CCOC)N2C(=O)c3ccc(N)cc3C2=O)ccc1OC. The van der Waals surface area contributed by atoms with Gasteiger partial charge in [-0.05, 0) is 49.2 Å². The lowest BCUT2D eigenvalue weighted by Crippen LogP contribution is -2.34. The van der Waals surface area contributed by atoms with E-state index in [4.69, 9.17) is 19.9 Å². The van der Waals surface area contributed by atoms with Crippen LogP contribution in [0.15, 0.2) is 36.4 Å². The third-order valence-corrected chi connectivity index (χ3v) is 4.72. The Labute approximate surface area is 164 Å². The molecule has 7 nitrogen and oxygen atoms in total. The zero-order valence-corrected chi connectivity index (χ0v) is 16.2. The predicted octanol–water partition coefficient (Wildman–Crippen LogP) is 3.05. The molecular formula is C21H24N2O5. The van der Waals surface area contributed by atoms with Gasteiger partial charge >= 0.3 is 0 Å². The van der Waals surface area contributed by atoms with E-state index in [0.717, 1.165) is 5.56 Å². The Hall–Kier alpha value is -3.06. The summed E-state index contributed by atoms with van der Waals surface area (Å²) in [6.07, 6.45) is 0.454. The van der Waals surface area contributed by atoms with Gasteiger partial charge in [0.1, 0.15) is 0 Å². The van der Waals surface area contributed by atoms with Gasteiger partial charge in [0.15, 0.2) is 11.5 Å². The van der Waals surface area contributed by atoms with Gasteiger partial charge in [0.25, 0.3) is 11.8 Å². The molecule has 3 rings (SSSR count). The quantitative estimate of drug-likeness (QED) is 0.556. The topological polar surface area (TPSA) is 91.1 Å². The van der Waals surface area contributed by atoms with E-state index in [1.54, 1.807) is 44.6 Å². The standard InChI is InChI=1S/C21H24N2O5/c1-4-28-19-11-13(5-8-18(19)27-3)17(9-10-26-2)23-20(24)15-7-6-14(22)12-16(15)21(23)25/h5-8,11-12,17H,4,9-10,22H2,1-3H3. The highest BCUT2D eigenvalue weighted by atomic mass is 16.5. The number of hydrogen-bond donors (Lipinski definition) is 1. The highest BCUT2D eigenvalue weighted by Crippen LogP contribution is 2.37. The lowest BCUT2D eigenvalue weighted by molar-refractivity contribution is 0.0545. The number of anilines is 1. The summed E-state index contributed by atoms with van der Waals surface area (Å²) in [5, 5.41) is 0. The van der Waals surface area contributed by atoms with Crippen molar-refractivity contribution in [2.24, 2.45) is 0 Å². The molecule has 0 radical (unpaired) electrons. The largest absolute Gasteiger partial charge is 0.493 e. The van der Waals surface area contributed by atoms with Gasteiger partial charge in [-0.1, -0.05) is 6.07 Å². The zero-order valence-electron chi connectivity index (χ0n) is 16.2. The van der Waals surface area contributed by atoms with E-state index in [0.29, 0.717) is 47.9 Å². The normalized spacial score (nSPS) is 14.2. The molecule has 0 saturated carbocycles. The second-order valence-electron chi connectivity index (χ2n) is 6.43. The summed E-state index contributed by atoms with van der Waals surface area (Å²) in [5.74, 6) is 0.453. The van der Waals surface area contributed by atoms with Gasteiger partial charge in [-0.25, -0.2) is 0 Å². The van der Waals surface area contributed by atoms with E-state index < -0.39 is 6.04 Å². The molecule has 2 N–H and O–H groups in total. The molecule has 0 spiro atoms. The fourth-order valence-electron chi connectivity index (χ4n) is 3.40. The van der Waals surface area contributed by atoms with Gasteiger partial charge in [0.2, 0.25) is 0 Å². The first-order chi connectivity index (χ1) is 13.5. The van der Waals surface area contributed by atoms with Crippen LogP contribution in [-0.2, 0) is 4.74 Å². The summed E-state index contributed by atoms with van der Waals surface area (Å²) < 4.78 is 16.2. The molecule has 2 amide bonds. The van der Waals surface area contributed by atoms with E-state index in [1.807, 2.05) is 13.0 Å². The van der Waals surface area contributed by atoms with Crippen molar-refractivity contribution >= 4 is 17.5 Å². The third-order valence-electron chi connectivity index (χ3n) is 4.72. The Morgan fingerprint density at radius 2 is 1.75 bits per heavy atom. The fourth-order valence-corrected chi connectivity index (χ4v) is 3.40. The highest BCUT2D eigenvalue weighted by molar-refractivity contribution is 6.22. The van der Waals surface area contributed by atoms with Gasteiger partial charge in [0, 0.05) is 19.4 Å². The van der Waals surface area contributed by atoms with Crippen LogP contribution in [0.25, 0.3) is 0 Å². The Balaban J connectivity index is 2.03. The van der Waals surface area contributed by atoms with Crippen molar-refractivity contribution in [1.29, 1.82) is 0 Å². The number of nitrogen functional groups attached to an aromatic ring is 1. The van der Waals surface area contributed by atoms with Crippen molar-refractivity contribution in [1.82, 2.24) is 4.90 Å². The van der Waals surface area contributed by atoms with Crippen molar-refractivity contribution in [3.05, 3.63) is 53.1 Å². The van der Waals surface area contributed by atoms with Crippen LogP contribution in [0.3, 0.4) is 0 Å².